The molecule has 0 spiro atoms. The van der Waals surface area contributed by atoms with Gasteiger partial charge < -0.3 is 9.47 Å². The van der Waals surface area contributed by atoms with E-state index in [1.54, 1.807) is 19.2 Å². The summed E-state index contributed by atoms with van der Waals surface area (Å²) in [6.07, 6.45) is 5.20. The van der Waals surface area contributed by atoms with Crippen molar-refractivity contribution in [1.82, 2.24) is 4.31 Å². The van der Waals surface area contributed by atoms with Gasteiger partial charge in [0.05, 0.1) is 13.2 Å². The average molecular weight is 356 g/mol. The van der Waals surface area contributed by atoms with Gasteiger partial charge in [0.25, 0.3) is 0 Å². The van der Waals surface area contributed by atoms with Crippen LogP contribution < -0.4 is 9.47 Å². The minimum atomic E-state index is -3.62. The smallest absolute Gasteiger partial charge is 0.246 e. The highest BCUT2D eigenvalue weighted by molar-refractivity contribution is 7.89. The Balaban J connectivity index is 2.44. The number of benzene rings is 1. The molecule has 0 unspecified atom stereocenters. The molecule has 136 valence electrons. The summed E-state index contributed by atoms with van der Waals surface area (Å²) >= 11 is 0. The van der Waals surface area contributed by atoms with Crippen LogP contribution in [0.4, 0.5) is 0 Å². The van der Waals surface area contributed by atoms with Crippen molar-refractivity contribution in [1.29, 1.82) is 0 Å². The van der Waals surface area contributed by atoms with Gasteiger partial charge in [0.2, 0.25) is 10.0 Å². The molecule has 24 heavy (non-hydrogen) atoms. The van der Waals surface area contributed by atoms with Crippen molar-refractivity contribution in [2.24, 2.45) is 0 Å². The molecule has 1 aromatic rings. The van der Waals surface area contributed by atoms with E-state index in [-0.39, 0.29) is 10.9 Å². The molecule has 6 heteroatoms. The van der Waals surface area contributed by atoms with Crippen LogP contribution in [-0.4, -0.2) is 39.0 Å². The SMILES string of the molecule is CCOc1cc(S(=O)(=O)N(C)C2CCCCC2)c(OCC)cc1C. The normalized spacial score (nSPS) is 16.4. The van der Waals surface area contributed by atoms with Gasteiger partial charge in [0.1, 0.15) is 16.4 Å². The molecule has 0 atom stereocenters. The second kappa shape index (κ2) is 8.21. The fourth-order valence-corrected chi connectivity index (χ4v) is 4.76. The molecule has 0 bridgehead atoms. The Bertz CT molecular complexity index is 651. The quantitative estimate of drug-likeness (QED) is 0.747. The number of sulfonamides is 1. The highest BCUT2D eigenvalue weighted by Crippen LogP contribution is 2.35. The van der Waals surface area contributed by atoms with Crippen LogP contribution in [0.1, 0.15) is 51.5 Å². The molecular weight excluding hydrogens is 326 g/mol. The summed E-state index contributed by atoms with van der Waals surface area (Å²) in [6, 6.07) is 3.43. The lowest BCUT2D eigenvalue weighted by molar-refractivity contribution is 0.282. The van der Waals surface area contributed by atoms with Crippen molar-refractivity contribution in [3.63, 3.8) is 0 Å². The fraction of sp³-hybridized carbons (Fsp3) is 0.667. The lowest BCUT2D eigenvalue weighted by Crippen LogP contribution is -2.38. The van der Waals surface area contributed by atoms with Gasteiger partial charge in [0.15, 0.2) is 0 Å². The Hall–Kier alpha value is -1.27. The van der Waals surface area contributed by atoms with Gasteiger partial charge in [-0.3, -0.25) is 0 Å². The summed E-state index contributed by atoms with van der Waals surface area (Å²) < 4.78 is 39.1. The van der Waals surface area contributed by atoms with E-state index in [1.165, 1.54) is 10.7 Å². The van der Waals surface area contributed by atoms with Gasteiger partial charge in [-0.1, -0.05) is 19.3 Å². The van der Waals surface area contributed by atoms with Gasteiger partial charge in [-0.05, 0) is 45.2 Å². The van der Waals surface area contributed by atoms with E-state index in [1.807, 2.05) is 20.8 Å². The van der Waals surface area contributed by atoms with E-state index in [0.717, 1.165) is 31.2 Å². The van der Waals surface area contributed by atoms with Crippen molar-refractivity contribution in [2.75, 3.05) is 20.3 Å². The van der Waals surface area contributed by atoms with Gasteiger partial charge in [-0.15, -0.1) is 0 Å². The molecule has 1 aromatic carbocycles. The summed E-state index contributed by atoms with van der Waals surface area (Å²) in [4.78, 5) is 0.200. The van der Waals surface area contributed by atoms with Gasteiger partial charge >= 0.3 is 0 Å². The maximum Gasteiger partial charge on any atom is 0.246 e. The van der Waals surface area contributed by atoms with Gasteiger partial charge in [-0.25, -0.2) is 8.42 Å². The highest BCUT2D eigenvalue weighted by Gasteiger charge is 2.32. The van der Waals surface area contributed by atoms with E-state index >= 15 is 0 Å². The third-order valence-electron chi connectivity index (χ3n) is 4.59. The Morgan fingerprint density at radius 3 is 2.21 bits per heavy atom. The second-order valence-electron chi connectivity index (χ2n) is 6.24. The molecule has 1 aliphatic carbocycles. The first-order valence-electron chi connectivity index (χ1n) is 8.80. The van der Waals surface area contributed by atoms with Crippen LogP contribution in [0.2, 0.25) is 0 Å². The monoisotopic (exact) mass is 355 g/mol. The van der Waals surface area contributed by atoms with Crippen LogP contribution in [-0.2, 0) is 10.0 Å². The lowest BCUT2D eigenvalue weighted by Gasteiger charge is -2.31. The maximum absolute atomic E-state index is 13.2. The number of hydrogen-bond acceptors (Lipinski definition) is 4. The topological polar surface area (TPSA) is 55.8 Å². The summed E-state index contributed by atoms with van der Waals surface area (Å²) in [5.74, 6) is 0.998. The summed E-state index contributed by atoms with van der Waals surface area (Å²) in [5.41, 5.74) is 0.875. The van der Waals surface area contributed by atoms with Gasteiger partial charge in [0, 0.05) is 19.2 Å². The van der Waals surface area contributed by atoms with Crippen molar-refractivity contribution in [3.8, 4) is 11.5 Å². The Kier molecular flexibility index (Phi) is 6.52. The highest BCUT2D eigenvalue weighted by atomic mass is 32.2. The molecule has 2 rings (SSSR count). The average Bonchev–Trinajstić information content (AvgIpc) is 2.57. The molecule has 0 saturated heterocycles. The maximum atomic E-state index is 13.2. The third-order valence-corrected chi connectivity index (χ3v) is 6.52. The Morgan fingerprint density at radius 2 is 1.62 bits per heavy atom. The first kappa shape index (κ1) is 19.1. The van der Waals surface area contributed by atoms with E-state index in [2.05, 4.69) is 0 Å². The molecule has 5 nitrogen and oxygen atoms in total. The standard InChI is InChI=1S/C18H29NO4S/c1-5-22-16-13-18(17(23-6-2)12-14(16)3)24(20,21)19(4)15-10-8-7-9-11-15/h12-13,15H,5-11H2,1-4H3. The molecule has 0 aromatic heterocycles. The number of ether oxygens (including phenoxy) is 2. The Labute approximate surface area is 146 Å². The minimum Gasteiger partial charge on any atom is -0.494 e. The predicted octanol–water partition coefficient (Wildman–Crippen LogP) is 3.75. The summed E-state index contributed by atoms with van der Waals surface area (Å²) in [5, 5.41) is 0. The first-order valence-corrected chi connectivity index (χ1v) is 10.2. The van der Waals surface area contributed by atoms with Gasteiger partial charge in [-0.2, -0.15) is 4.31 Å². The largest absolute Gasteiger partial charge is 0.494 e. The van der Waals surface area contributed by atoms with Crippen LogP contribution >= 0.6 is 0 Å². The predicted molar refractivity (Wildman–Crippen MR) is 95.3 cm³/mol. The van der Waals surface area contributed by atoms with E-state index < -0.39 is 10.0 Å². The molecule has 0 heterocycles. The van der Waals surface area contributed by atoms with Crippen molar-refractivity contribution in [3.05, 3.63) is 17.7 Å². The van der Waals surface area contributed by atoms with Crippen LogP contribution in [0.15, 0.2) is 17.0 Å². The Morgan fingerprint density at radius 1 is 1.04 bits per heavy atom. The molecule has 0 amide bonds. The number of nitrogens with zero attached hydrogens (tertiary/aromatic N) is 1. The first-order chi connectivity index (χ1) is 11.4. The fourth-order valence-electron chi connectivity index (χ4n) is 3.22. The molecule has 0 N–H and O–H groups in total. The zero-order chi connectivity index (χ0) is 17.7. The zero-order valence-electron chi connectivity index (χ0n) is 15.2. The van der Waals surface area contributed by atoms with Crippen molar-refractivity contribution in [2.45, 2.75) is 63.8 Å². The minimum absolute atomic E-state index is 0.0649. The summed E-state index contributed by atoms with van der Waals surface area (Å²) in [6.45, 7) is 6.55. The van der Waals surface area contributed by atoms with Crippen LogP contribution in [0.25, 0.3) is 0 Å². The van der Waals surface area contributed by atoms with Crippen molar-refractivity contribution < 1.29 is 17.9 Å². The molecule has 1 fully saturated rings. The molecule has 1 aliphatic rings. The zero-order valence-corrected chi connectivity index (χ0v) is 16.0. The van der Waals surface area contributed by atoms with E-state index in [4.69, 9.17) is 9.47 Å². The lowest BCUT2D eigenvalue weighted by atomic mass is 9.96. The molecule has 0 aliphatic heterocycles. The summed E-state index contributed by atoms with van der Waals surface area (Å²) in [7, 11) is -1.94. The number of aryl methyl sites for hydroxylation is 1. The second-order valence-corrected chi connectivity index (χ2v) is 8.21. The third kappa shape index (κ3) is 4.03. The van der Waals surface area contributed by atoms with Crippen LogP contribution in [0.5, 0.6) is 11.5 Å². The van der Waals surface area contributed by atoms with E-state index in [0.29, 0.717) is 24.7 Å². The van der Waals surface area contributed by atoms with Crippen molar-refractivity contribution >= 4 is 10.0 Å². The van der Waals surface area contributed by atoms with Crippen LogP contribution in [0.3, 0.4) is 0 Å². The molecule has 0 radical (unpaired) electrons. The van der Waals surface area contributed by atoms with Crippen LogP contribution in [0, 0.1) is 6.92 Å². The number of rotatable bonds is 7. The molecular formula is C18H29NO4S. The molecule has 1 saturated carbocycles. The number of hydrogen-bond donors (Lipinski definition) is 0. The van der Waals surface area contributed by atoms with E-state index in [9.17, 15) is 8.42 Å².